The van der Waals surface area contributed by atoms with E-state index in [4.69, 9.17) is 23.8 Å². The highest BCUT2D eigenvalue weighted by atomic mass is 79.9. The van der Waals surface area contributed by atoms with E-state index in [2.05, 4.69) is 21.2 Å². The number of hydrogen-bond acceptors (Lipinski definition) is 3. The number of thiocarbonyl (C=S) groups is 1. The van der Waals surface area contributed by atoms with Gasteiger partial charge in [0.2, 0.25) is 0 Å². The van der Waals surface area contributed by atoms with Gasteiger partial charge in [0.25, 0.3) is 0 Å². The van der Waals surface area contributed by atoms with Gasteiger partial charge in [0.05, 0.1) is 5.97 Å². The SMILES string of the molecule is Cc1c(Cl)cccc1NC(=S)N(Cc1ccc(Br)cc1)Cc1ccc(C(=O)[O-])cc1. The summed E-state index contributed by atoms with van der Waals surface area (Å²) in [6, 6.07) is 20.3. The molecule has 0 aliphatic carbocycles. The molecule has 0 amide bonds. The molecule has 0 saturated heterocycles. The lowest BCUT2D eigenvalue weighted by Gasteiger charge is -2.27. The predicted octanol–water partition coefficient (Wildman–Crippen LogP) is 5.17. The molecule has 0 saturated carbocycles. The fourth-order valence-electron chi connectivity index (χ4n) is 2.91. The van der Waals surface area contributed by atoms with Crippen LogP contribution in [0.3, 0.4) is 0 Å². The third kappa shape index (κ3) is 5.81. The van der Waals surface area contributed by atoms with Gasteiger partial charge in [0.15, 0.2) is 5.11 Å². The van der Waals surface area contributed by atoms with Crippen LogP contribution < -0.4 is 10.4 Å². The summed E-state index contributed by atoms with van der Waals surface area (Å²) in [7, 11) is 0. The van der Waals surface area contributed by atoms with Crippen molar-refractivity contribution in [2.24, 2.45) is 0 Å². The number of benzene rings is 3. The Morgan fingerprint density at radius 2 is 1.60 bits per heavy atom. The average Bonchev–Trinajstić information content (AvgIpc) is 2.73. The van der Waals surface area contributed by atoms with E-state index < -0.39 is 5.97 Å². The Bertz CT molecular complexity index is 1060. The lowest BCUT2D eigenvalue weighted by Crippen LogP contribution is -2.34. The Morgan fingerprint density at radius 1 is 1.03 bits per heavy atom. The summed E-state index contributed by atoms with van der Waals surface area (Å²) in [5.41, 5.74) is 3.94. The minimum Gasteiger partial charge on any atom is -0.545 e. The second-order valence-electron chi connectivity index (χ2n) is 6.81. The molecule has 30 heavy (non-hydrogen) atoms. The third-order valence-electron chi connectivity index (χ3n) is 4.65. The highest BCUT2D eigenvalue weighted by molar-refractivity contribution is 9.10. The zero-order valence-electron chi connectivity index (χ0n) is 16.2. The quantitative estimate of drug-likeness (QED) is 0.471. The number of rotatable bonds is 6. The van der Waals surface area contributed by atoms with Gasteiger partial charge in [-0.3, -0.25) is 0 Å². The van der Waals surface area contributed by atoms with Gasteiger partial charge >= 0.3 is 0 Å². The van der Waals surface area contributed by atoms with Crippen molar-refractivity contribution < 1.29 is 9.90 Å². The van der Waals surface area contributed by atoms with E-state index in [9.17, 15) is 9.90 Å². The van der Waals surface area contributed by atoms with Crippen molar-refractivity contribution >= 4 is 56.5 Å². The van der Waals surface area contributed by atoms with Crippen LogP contribution in [0.25, 0.3) is 0 Å². The molecule has 0 aromatic heterocycles. The minimum atomic E-state index is -1.19. The Hall–Kier alpha value is -2.41. The molecule has 0 aliphatic rings. The topological polar surface area (TPSA) is 55.4 Å². The van der Waals surface area contributed by atoms with Crippen LogP contribution in [0, 0.1) is 6.92 Å². The van der Waals surface area contributed by atoms with E-state index >= 15 is 0 Å². The fraction of sp³-hybridized carbons (Fsp3) is 0.130. The first-order chi connectivity index (χ1) is 14.3. The largest absolute Gasteiger partial charge is 0.545 e. The molecule has 3 rings (SSSR count). The molecule has 0 aliphatic heterocycles. The number of anilines is 1. The number of halogens is 2. The molecule has 0 bridgehead atoms. The first kappa shape index (κ1) is 22.3. The number of nitrogens with one attached hydrogen (secondary N) is 1. The van der Waals surface area contributed by atoms with Crippen molar-refractivity contribution in [3.63, 3.8) is 0 Å². The highest BCUT2D eigenvalue weighted by Gasteiger charge is 2.14. The second-order valence-corrected chi connectivity index (χ2v) is 8.52. The number of aromatic carboxylic acids is 1. The molecule has 0 atom stereocenters. The van der Waals surface area contributed by atoms with E-state index in [-0.39, 0.29) is 5.56 Å². The van der Waals surface area contributed by atoms with E-state index in [1.54, 1.807) is 24.3 Å². The zero-order valence-corrected chi connectivity index (χ0v) is 19.4. The number of carboxylic acids is 1. The Balaban J connectivity index is 1.83. The van der Waals surface area contributed by atoms with Crippen LogP contribution in [-0.4, -0.2) is 16.0 Å². The van der Waals surface area contributed by atoms with Gasteiger partial charge in [-0.25, -0.2) is 0 Å². The summed E-state index contributed by atoms with van der Waals surface area (Å²) in [4.78, 5) is 13.0. The molecule has 0 spiro atoms. The number of carbonyl (C=O) groups excluding carboxylic acids is 1. The van der Waals surface area contributed by atoms with Crippen molar-refractivity contribution in [2.75, 3.05) is 5.32 Å². The first-order valence-corrected chi connectivity index (χ1v) is 10.8. The van der Waals surface area contributed by atoms with E-state index in [0.29, 0.717) is 23.2 Å². The van der Waals surface area contributed by atoms with Crippen molar-refractivity contribution in [1.29, 1.82) is 0 Å². The molecule has 0 radical (unpaired) electrons. The van der Waals surface area contributed by atoms with Gasteiger partial charge in [0.1, 0.15) is 0 Å². The summed E-state index contributed by atoms with van der Waals surface area (Å²) in [6.45, 7) is 3.03. The first-order valence-electron chi connectivity index (χ1n) is 9.19. The van der Waals surface area contributed by atoms with Crippen LogP contribution in [0.1, 0.15) is 27.0 Å². The van der Waals surface area contributed by atoms with Crippen LogP contribution in [0.2, 0.25) is 5.02 Å². The van der Waals surface area contributed by atoms with Crippen LogP contribution in [0.4, 0.5) is 5.69 Å². The van der Waals surface area contributed by atoms with Crippen molar-refractivity contribution in [1.82, 2.24) is 4.90 Å². The highest BCUT2D eigenvalue weighted by Crippen LogP contribution is 2.24. The Kier molecular flexibility index (Phi) is 7.48. The molecule has 0 unspecified atom stereocenters. The standard InChI is InChI=1S/C23H20BrClN2O2S/c1-15-20(25)3-2-4-21(15)26-23(30)27(14-17-7-11-19(24)12-8-17)13-16-5-9-18(10-6-16)22(28)29/h2-12H,13-14H2,1H3,(H,26,30)(H,28,29)/p-1. The normalized spacial score (nSPS) is 10.5. The number of carboxylic acid groups (broad SMARTS) is 1. The van der Waals surface area contributed by atoms with Crippen LogP contribution in [0.15, 0.2) is 71.2 Å². The molecule has 1 N–H and O–H groups in total. The average molecular weight is 503 g/mol. The van der Waals surface area contributed by atoms with Gasteiger partial charge < -0.3 is 20.1 Å². The summed E-state index contributed by atoms with van der Waals surface area (Å²) < 4.78 is 1.01. The summed E-state index contributed by atoms with van der Waals surface area (Å²) in [5.74, 6) is -1.19. The lowest BCUT2D eigenvalue weighted by atomic mass is 10.1. The van der Waals surface area contributed by atoms with Gasteiger partial charge in [-0.05, 0) is 65.7 Å². The molecule has 3 aromatic carbocycles. The second kappa shape index (κ2) is 10.1. The van der Waals surface area contributed by atoms with Crippen LogP contribution >= 0.6 is 39.7 Å². The predicted molar refractivity (Wildman–Crippen MR) is 127 cm³/mol. The van der Waals surface area contributed by atoms with Gasteiger partial charge in [-0.2, -0.15) is 0 Å². The lowest BCUT2D eigenvalue weighted by molar-refractivity contribution is -0.255. The van der Waals surface area contributed by atoms with Crippen molar-refractivity contribution in [3.8, 4) is 0 Å². The summed E-state index contributed by atoms with van der Waals surface area (Å²) in [6.07, 6.45) is 0. The maximum Gasteiger partial charge on any atom is 0.174 e. The van der Waals surface area contributed by atoms with Gasteiger partial charge in [0, 0.05) is 28.3 Å². The van der Waals surface area contributed by atoms with Crippen LogP contribution in [0.5, 0.6) is 0 Å². The van der Waals surface area contributed by atoms with Crippen LogP contribution in [-0.2, 0) is 13.1 Å². The van der Waals surface area contributed by atoms with Crippen molar-refractivity contribution in [3.05, 3.63) is 98.5 Å². The monoisotopic (exact) mass is 501 g/mol. The maximum absolute atomic E-state index is 11.0. The maximum atomic E-state index is 11.0. The number of carbonyl (C=O) groups is 1. The van der Waals surface area contributed by atoms with Crippen molar-refractivity contribution in [2.45, 2.75) is 20.0 Å². The molecule has 0 fully saturated rings. The van der Waals surface area contributed by atoms with E-state index in [0.717, 1.165) is 26.9 Å². The molecular weight excluding hydrogens is 484 g/mol. The molecule has 0 heterocycles. The summed E-state index contributed by atoms with van der Waals surface area (Å²) in [5, 5.41) is 15.5. The molecule has 4 nitrogen and oxygen atoms in total. The zero-order chi connectivity index (χ0) is 21.7. The van der Waals surface area contributed by atoms with Gasteiger partial charge in [-0.1, -0.05) is 70.0 Å². The fourth-order valence-corrected chi connectivity index (χ4v) is 3.59. The smallest absolute Gasteiger partial charge is 0.174 e. The summed E-state index contributed by atoms with van der Waals surface area (Å²) >= 11 is 15.4. The van der Waals surface area contributed by atoms with E-state index in [1.165, 1.54) is 0 Å². The van der Waals surface area contributed by atoms with E-state index in [1.807, 2.05) is 54.3 Å². The molecule has 3 aromatic rings. The van der Waals surface area contributed by atoms with Gasteiger partial charge in [-0.15, -0.1) is 0 Å². The number of nitrogens with zero attached hydrogens (tertiary/aromatic N) is 1. The Labute approximate surface area is 194 Å². The molecular formula is C23H19BrClN2O2S-. The third-order valence-corrected chi connectivity index (χ3v) is 5.94. The number of hydrogen-bond donors (Lipinski definition) is 1. The Morgan fingerprint density at radius 3 is 2.17 bits per heavy atom. The minimum absolute atomic E-state index is 0.147. The molecule has 154 valence electrons. The molecule has 7 heteroatoms.